The highest BCUT2D eigenvalue weighted by Gasteiger charge is 2.20. The molecule has 0 spiro atoms. The molecule has 0 radical (unpaired) electrons. The smallest absolute Gasteiger partial charge is 0.268 e. The molecule has 2 aromatic rings. The highest BCUT2D eigenvalue weighted by atomic mass is 32.2. The van der Waals surface area contributed by atoms with Gasteiger partial charge in [0.15, 0.2) is 5.16 Å². The zero-order valence-corrected chi connectivity index (χ0v) is 10.9. The van der Waals surface area contributed by atoms with Gasteiger partial charge in [0.1, 0.15) is 0 Å². The zero-order valence-electron chi connectivity index (χ0n) is 10.1. The molecular weight excluding hydrogens is 314 g/mol. The number of imidazole rings is 1. The second-order valence-electron chi connectivity index (χ2n) is 3.78. The number of hydrogen-bond acceptors (Lipinski definition) is 4. The van der Waals surface area contributed by atoms with Crippen LogP contribution < -0.4 is 0 Å². The van der Waals surface area contributed by atoms with Gasteiger partial charge in [0.2, 0.25) is 0 Å². The van der Waals surface area contributed by atoms with Crippen LogP contribution in [0, 0.1) is 10.1 Å². The molecule has 0 saturated heterocycles. The van der Waals surface area contributed by atoms with E-state index in [0.717, 1.165) is 6.20 Å². The fourth-order valence-electron chi connectivity index (χ4n) is 1.58. The summed E-state index contributed by atoms with van der Waals surface area (Å²) in [6.45, 7) is -3.01. The van der Waals surface area contributed by atoms with Gasteiger partial charge >= 0.3 is 6.55 Å². The van der Waals surface area contributed by atoms with E-state index in [-0.39, 0.29) is 23.1 Å². The molecule has 5 nitrogen and oxygen atoms in total. The molecule has 1 heterocycles. The van der Waals surface area contributed by atoms with Crippen molar-refractivity contribution in [2.24, 2.45) is 0 Å². The molecule has 1 aromatic heterocycles. The van der Waals surface area contributed by atoms with E-state index >= 15 is 0 Å². The van der Waals surface area contributed by atoms with Crippen molar-refractivity contribution in [2.45, 2.75) is 17.5 Å². The molecule has 0 N–H and O–H groups in total. The molecule has 21 heavy (non-hydrogen) atoms. The molecule has 1 aromatic carbocycles. The van der Waals surface area contributed by atoms with E-state index in [4.69, 9.17) is 0 Å². The summed E-state index contributed by atoms with van der Waals surface area (Å²) in [5.41, 5.74) is 0.179. The minimum absolute atomic E-state index is 0.0355. The standard InChI is InChI=1S/C11H7F4N3O2S/c12-9(13)17-5-8(16-11(17)21-10(14)15)6-1-3-7(4-2-6)18(19)20/h1-5,9-10H. The van der Waals surface area contributed by atoms with Crippen LogP contribution in [0.25, 0.3) is 11.3 Å². The maximum atomic E-state index is 12.8. The molecule has 0 unspecified atom stereocenters. The van der Waals surface area contributed by atoms with Crippen LogP contribution in [-0.4, -0.2) is 20.2 Å². The lowest BCUT2D eigenvalue weighted by Gasteiger charge is -2.03. The van der Waals surface area contributed by atoms with Crippen LogP contribution in [0.5, 0.6) is 0 Å². The summed E-state index contributed by atoms with van der Waals surface area (Å²) in [7, 11) is 0. The maximum absolute atomic E-state index is 12.8. The Morgan fingerprint density at radius 1 is 1.19 bits per heavy atom. The number of halogens is 4. The van der Waals surface area contributed by atoms with Crippen molar-refractivity contribution in [3.05, 3.63) is 40.6 Å². The second kappa shape index (κ2) is 6.12. The van der Waals surface area contributed by atoms with Crippen molar-refractivity contribution in [1.29, 1.82) is 0 Å². The molecule has 0 fully saturated rings. The minimum atomic E-state index is -3.01. The average Bonchev–Trinajstić information content (AvgIpc) is 2.82. The van der Waals surface area contributed by atoms with Crippen LogP contribution in [0.3, 0.4) is 0 Å². The summed E-state index contributed by atoms with van der Waals surface area (Å²) >= 11 is -0.0928. The lowest BCUT2D eigenvalue weighted by Crippen LogP contribution is -1.99. The van der Waals surface area contributed by atoms with Crippen LogP contribution in [0.1, 0.15) is 6.55 Å². The Hall–Kier alpha value is -2.10. The fraction of sp³-hybridized carbons (Fsp3) is 0.182. The molecular formula is C11H7F4N3O2S. The van der Waals surface area contributed by atoms with Crippen LogP contribution in [0.4, 0.5) is 23.2 Å². The minimum Gasteiger partial charge on any atom is -0.268 e. The van der Waals surface area contributed by atoms with Crippen LogP contribution in [0.2, 0.25) is 0 Å². The second-order valence-corrected chi connectivity index (χ2v) is 4.73. The molecule has 112 valence electrons. The molecule has 0 bridgehead atoms. The van der Waals surface area contributed by atoms with Gasteiger partial charge in [0, 0.05) is 23.9 Å². The number of aromatic nitrogens is 2. The number of nitrogens with zero attached hydrogens (tertiary/aromatic N) is 3. The largest absolute Gasteiger partial charge is 0.320 e. The summed E-state index contributed by atoms with van der Waals surface area (Å²) in [4.78, 5) is 13.6. The SMILES string of the molecule is O=[N+]([O-])c1ccc(-c2cn(C(F)F)c(SC(F)F)n2)cc1. The Labute approximate surface area is 119 Å². The molecule has 0 atom stereocenters. The molecule has 0 aliphatic carbocycles. The number of alkyl halides is 4. The Bertz CT molecular complexity index is 645. The Balaban J connectivity index is 2.37. The summed E-state index contributed by atoms with van der Waals surface area (Å²) in [6, 6.07) is 4.98. The van der Waals surface area contributed by atoms with E-state index in [1.807, 2.05) is 0 Å². The third-order valence-corrected chi connectivity index (χ3v) is 3.17. The van der Waals surface area contributed by atoms with Crippen LogP contribution >= 0.6 is 11.8 Å². The van der Waals surface area contributed by atoms with Crippen LogP contribution in [-0.2, 0) is 0 Å². The number of hydrogen-bond donors (Lipinski definition) is 0. The van der Waals surface area contributed by atoms with Gasteiger partial charge in [0.05, 0.1) is 10.6 Å². The van der Waals surface area contributed by atoms with Crippen molar-refractivity contribution >= 4 is 17.4 Å². The topological polar surface area (TPSA) is 61.0 Å². The van der Waals surface area contributed by atoms with Crippen molar-refractivity contribution < 1.29 is 22.5 Å². The summed E-state index contributed by atoms with van der Waals surface area (Å²) in [5.74, 6) is -2.88. The van der Waals surface area contributed by atoms with Gasteiger partial charge in [-0.25, -0.2) is 4.98 Å². The number of rotatable bonds is 5. The van der Waals surface area contributed by atoms with Crippen molar-refractivity contribution in [3.8, 4) is 11.3 Å². The molecule has 0 amide bonds. The monoisotopic (exact) mass is 321 g/mol. The molecule has 0 saturated carbocycles. The average molecular weight is 321 g/mol. The fourth-order valence-corrected chi connectivity index (χ4v) is 2.14. The number of thioether (sulfide) groups is 1. The maximum Gasteiger partial charge on any atom is 0.320 e. The van der Waals surface area contributed by atoms with Gasteiger partial charge in [-0.2, -0.15) is 17.6 Å². The summed E-state index contributed by atoms with van der Waals surface area (Å²) in [6.07, 6.45) is 0.927. The van der Waals surface area contributed by atoms with Gasteiger partial charge in [0.25, 0.3) is 11.4 Å². The van der Waals surface area contributed by atoms with Gasteiger partial charge in [-0.1, -0.05) is 0 Å². The molecule has 2 rings (SSSR count). The predicted molar refractivity (Wildman–Crippen MR) is 67.4 cm³/mol. The van der Waals surface area contributed by atoms with E-state index in [2.05, 4.69) is 4.98 Å². The molecule has 10 heteroatoms. The first-order valence-corrected chi connectivity index (χ1v) is 6.33. The van der Waals surface area contributed by atoms with Gasteiger partial charge < -0.3 is 0 Å². The Morgan fingerprint density at radius 2 is 1.81 bits per heavy atom. The lowest BCUT2D eigenvalue weighted by molar-refractivity contribution is -0.384. The first-order chi connectivity index (χ1) is 9.88. The Morgan fingerprint density at radius 3 is 2.29 bits per heavy atom. The van der Waals surface area contributed by atoms with Gasteiger partial charge in [-0.05, 0) is 23.9 Å². The van der Waals surface area contributed by atoms with E-state index in [0.29, 0.717) is 10.1 Å². The summed E-state index contributed by atoms with van der Waals surface area (Å²) < 4.78 is 50.4. The van der Waals surface area contributed by atoms with Crippen molar-refractivity contribution in [2.75, 3.05) is 0 Å². The van der Waals surface area contributed by atoms with Crippen molar-refractivity contribution in [1.82, 2.24) is 9.55 Å². The van der Waals surface area contributed by atoms with Gasteiger partial charge in [-0.3, -0.25) is 14.7 Å². The number of nitro benzene ring substituents is 1. The first kappa shape index (κ1) is 15.3. The normalized spacial score (nSPS) is 11.3. The third kappa shape index (κ3) is 3.51. The summed E-state index contributed by atoms with van der Waals surface area (Å²) in [5, 5.41) is 10.00. The van der Waals surface area contributed by atoms with E-state index < -0.39 is 22.4 Å². The van der Waals surface area contributed by atoms with Crippen LogP contribution in [0.15, 0.2) is 35.6 Å². The highest BCUT2D eigenvalue weighted by Crippen LogP contribution is 2.31. The molecule has 0 aliphatic heterocycles. The molecule has 0 aliphatic rings. The Kier molecular flexibility index (Phi) is 4.46. The predicted octanol–water partition coefficient (Wildman–Crippen LogP) is 4.17. The highest BCUT2D eigenvalue weighted by molar-refractivity contribution is 7.99. The third-order valence-electron chi connectivity index (χ3n) is 2.48. The quantitative estimate of drug-likeness (QED) is 0.359. The van der Waals surface area contributed by atoms with Gasteiger partial charge in [-0.15, -0.1) is 0 Å². The number of non-ortho nitro benzene ring substituents is 1. The number of nitro groups is 1. The van der Waals surface area contributed by atoms with E-state index in [9.17, 15) is 27.7 Å². The van der Waals surface area contributed by atoms with Crippen molar-refractivity contribution in [3.63, 3.8) is 0 Å². The lowest BCUT2D eigenvalue weighted by atomic mass is 10.1. The zero-order chi connectivity index (χ0) is 15.6. The van der Waals surface area contributed by atoms with E-state index in [1.54, 1.807) is 0 Å². The first-order valence-electron chi connectivity index (χ1n) is 5.45. The number of benzene rings is 1. The van der Waals surface area contributed by atoms with E-state index in [1.165, 1.54) is 24.3 Å².